The Morgan fingerprint density at radius 2 is 1.77 bits per heavy atom. The standard InChI is InChI=1S/C24H31N3OS2/c1-16(2)29-20-10-8-19(9-11-20)15-22(28)27(14-13-26(5)6)24-25-23-18(4)17(3)7-12-21(23)30-24/h7-12,16H,13-15H2,1-6H3. The summed E-state index contributed by atoms with van der Waals surface area (Å²) in [6, 6.07) is 12.6. The highest BCUT2D eigenvalue weighted by Crippen LogP contribution is 2.32. The molecule has 0 aliphatic carbocycles. The molecule has 3 rings (SSSR count). The van der Waals surface area contributed by atoms with Crippen molar-refractivity contribution in [2.24, 2.45) is 0 Å². The molecule has 2 aromatic carbocycles. The van der Waals surface area contributed by atoms with Crippen molar-refractivity contribution >= 4 is 44.4 Å². The van der Waals surface area contributed by atoms with Crippen molar-refractivity contribution in [2.45, 2.75) is 44.3 Å². The third kappa shape index (κ3) is 5.62. The number of aryl methyl sites for hydroxylation is 2. The second kappa shape index (κ2) is 9.94. The van der Waals surface area contributed by atoms with Crippen molar-refractivity contribution in [1.82, 2.24) is 9.88 Å². The number of hydrogen-bond acceptors (Lipinski definition) is 5. The summed E-state index contributed by atoms with van der Waals surface area (Å²) in [7, 11) is 4.05. The summed E-state index contributed by atoms with van der Waals surface area (Å²) < 4.78 is 1.13. The van der Waals surface area contributed by atoms with Crippen LogP contribution in [0.25, 0.3) is 10.2 Å². The van der Waals surface area contributed by atoms with E-state index in [1.165, 1.54) is 16.0 Å². The Kier molecular flexibility index (Phi) is 7.55. The van der Waals surface area contributed by atoms with Crippen LogP contribution in [0.4, 0.5) is 5.13 Å². The van der Waals surface area contributed by atoms with Crippen molar-refractivity contribution in [3.8, 4) is 0 Å². The van der Waals surface area contributed by atoms with Gasteiger partial charge in [0.2, 0.25) is 5.91 Å². The Bertz CT molecular complexity index is 1010. The first-order chi connectivity index (χ1) is 14.2. The molecule has 0 saturated heterocycles. The fourth-order valence-corrected chi connectivity index (χ4v) is 5.09. The van der Waals surface area contributed by atoms with Crippen LogP contribution in [0.3, 0.4) is 0 Å². The first-order valence-corrected chi connectivity index (χ1v) is 12.0. The van der Waals surface area contributed by atoms with Crippen molar-refractivity contribution in [2.75, 3.05) is 32.1 Å². The molecule has 0 N–H and O–H groups in total. The van der Waals surface area contributed by atoms with Gasteiger partial charge in [0.1, 0.15) is 0 Å². The monoisotopic (exact) mass is 441 g/mol. The molecule has 4 nitrogen and oxygen atoms in total. The second-order valence-corrected chi connectivity index (χ2v) is 10.8. The fourth-order valence-electron chi connectivity index (χ4n) is 3.18. The molecule has 1 heterocycles. The molecule has 0 unspecified atom stereocenters. The van der Waals surface area contributed by atoms with E-state index < -0.39 is 0 Å². The largest absolute Gasteiger partial charge is 0.308 e. The molecule has 3 aromatic rings. The highest BCUT2D eigenvalue weighted by atomic mass is 32.2. The quantitative estimate of drug-likeness (QED) is 0.429. The van der Waals surface area contributed by atoms with Crippen molar-refractivity contribution < 1.29 is 4.79 Å². The molecule has 6 heteroatoms. The number of rotatable bonds is 8. The van der Waals surface area contributed by atoms with Gasteiger partial charge in [-0.2, -0.15) is 0 Å². The minimum atomic E-state index is 0.0922. The SMILES string of the molecule is Cc1ccc2sc(N(CCN(C)C)C(=O)Cc3ccc(SC(C)C)cc3)nc2c1C. The predicted molar refractivity (Wildman–Crippen MR) is 131 cm³/mol. The van der Waals surface area contributed by atoms with Gasteiger partial charge in [-0.05, 0) is 62.8 Å². The highest BCUT2D eigenvalue weighted by molar-refractivity contribution is 7.99. The van der Waals surface area contributed by atoms with E-state index in [-0.39, 0.29) is 5.91 Å². The molecular formula is C24H31N3OS2. The summed E-state index contributed by atoms with van der Waals surface area (Å²) in [6.07, 6.45) is 0.383. The molecule has 0 fully saturated rings. The summed E-state index contributed by atoms with van der Waals surface area (Å²) in [6.45, 7) is 10.0. The normalized spacial score (nSPS) is 11.6. The molecular weight excluding hydrogens is 410 g/mol. The van der Waals surface area contributed by atoms with Gasteiger partial charge in [-0.25, -0.2) is 4.98 Å². The van der Waals surface area contributed by atoms with Crippen LogP contribution in [0.2, 0.25) is 0 Å². The highest BCUT2D eigenvalue weighted by Gasteiger charge is 2.21. The third-order valence-corrected chi connectivity index (χ3v) is 7.09. The van der Waals surface area contributed by atoms with Crippen LogP contribution >= 0.6 is 23.1 Å². The summed E-state index contributed by atoms with van der Waals surface area (Å²) in [5, 5.41) is 1.34. The number of carbonyl (C=O) groups excluding carboxylic acids is 1. The first-order valence-electron chi connectivity index (χ1n) is 10.3. The van der Waals surface area contributed by atoms with Crippen LogP contribution in [-0.2, 0) is 11.2 Å². The van der Waals surface area contributed by atoms with E-state index in [0.717, 1.165) is 27.5 Å². The van der Waals surface area contributed by atoms with Gasteiger partial charge in [-0.1, -0.05) is 43.4 Å². The minimum absolute atomic E-state index is 0.0922. The number of likely N-dealkylation sites (N-methyl/N-ethyl adjacent to an activating group) is 1. The summed E-state index contributed by atoms with van der Waals surface area (Å²) in [5.74, 6) is 0.0922. The molecule has 1 aromatic heterocycles. The number of amides is 1. The van der Waals surface area contributed by atoms with Crippen molar-refractivity contribution in [1.29, 1.82) is 0 Å². The molecule has 0 bridgehead atoms. The van der Waals surface area contributed by atoms with E-state index in [1.54, 1.807) is 11.3 Å². The van der Waals surface area contributed by atoms with E-state index in [4.69, 9.17) is 4.98 Å². The van der Waals surface area contributed by atoms with E-state index in [1.807, 2.05) is 30.8 Å². The van der Waals surface area contributed by atoms with Crippen molar-refractivity contribution in [3.63, 3.8) is 0 Å². The summed E-state index contributed by atoms with van der Waals surface area (Å²) >= 11 is 3.44. The third-order valence-electron chi connectivity index (χ3n) is 5.03. The fraction of sp³-hybridized carbons (Fsp3) is 0.417. The molecule has 160 valence electrons. The second-order valence-electron chi connectivity index (χ2n) is 8.19. The lowest BCUT2D eigenvalue weighted by molar-refractivity contribution is -0.118. The van der Waals surface area contributed by atoms with Gasteiger partial charge in [0.25, 0.3) is 0 Å². The van der Waals surface area contributed by atoms with Crippen LogP contribution in [0, 0.1) is 13.8 Å². The van der Waals surface area contributed by atoms with Gasteiger partial charge in [-0.15, -0.1) is 11.8 Å². The van der Waals surface area contributed by atoms with E-state index in [2.05, 4.69) is 69.0 Å². The van der Waals surface area contributed by atoms with Gasteiger partial charge in [0.05, 0.1) is 16.6 Å². The zero-order valence-corrected chi connectivity index (χ0v) is 20.4. The zero-order chi connectivity index (χ0) is 21.8. The number of anilines is 1. The van der Waals surface area contributed by atoms with E-state index in [9.17, 15) is 4.79 Å². The Morgan fingerprint density at radius 1 is 1.07 bits per heavy atom. The average Bonchev–Trinajstić information content (AvgIpc) is 3.10. The number of hydrogen-bond donors (Lipinski definition) is 0. The van der Waals surface area contributed by atoms with E-state index >= 15 is 0 Å². The number of carbonyl (C=O) groups is 1. The smallest absolute Gasteiger partial charge is 0.233 e. The molecule has 0 aliphatic rings. The topological polar surface area (TPSA) is 36.4 Å². The Morgan fingerprint density at radius 3 is 2.40 bits per heavy atom. The van der Waals surface area contributed by atoms with Crippen LogP contribution in [0.15, 0.2) is 41.3 Å². The molecule has 0 spiro atoms. The maximum absolute atomic E-state index is 13.3. The van der Waals surface area contributed by atoms with Crippen LogP contribution in [0.1, 0.15) is 30.5 Å². The average molecular weight is 442 g/mol. The molecule has 0 saturated carbocycles. The number of nitrogens with zero attached hydrogens (tertiary/aromatic N) is 3. The van der Waals surface area contributed by atoms with Crippen LogP contribution < -0.4 is 4.90 Å². The number of thioether (sulfide) groups is 1. The number of fused-ring (bicyclic) bond motifs is 1. The first kappa shape index (κ1) is 22.8. The summed E-state index contributed by atoms with van der Waals surface area (Å²) in [4.78, 5) is 23.3. The Labute approximate surface area is 188 Å². The number of thiazole rings is 1. The number of aromatic nitrogens is 1. The van der Waals surface area contributed by atoms with Gasteiger partial charge in [0.15, 0.2) is 5.13 Å². The molecule has 0 radical (unpaired) electrons. The molecule has 0 atom stereocenters. The van der Waals surface area contributed by atoms with Gasteiger partial charge < -0.3 is 4.90 Å². The maximum Gasteiger partial charge on any atom is 0.233 e. The lowest BCUT2D eigenvalue weighted by atomic mass is 10.1. The molecule has 0 aliphatic heterocycles. The van der Waals surface area contributed by atoms with Crippen molar-refractivity contribution in [3.05, 3.63) is 53.1 Å². The lowest BCUT2D eigenvalue weighted by Crippen LogP contribution is -2.37. The maximum atomic E-state index is 13.3. The summed E-state index contributed by atoms with van der Waals surface area (Å²) in [5.41, 5.74) is 4.46. The predicted octanol–water partition coefficient (Wildman–Crippen LogP) is 5.55. The lowest BCUT2D eigenvalue weighted by Gasteiger charge is -2.22. The van der Waals surface area contributed by atoms with Gasteiger partial charge in [-0.3, -0.25) is 9.69 Å². The Balaban J connectivity index is 1.84. The zero-order valence-electron chi connectivity index (χ0n) is 18.7. The van der Waals surface area contributed by atoms with Crippen LogP contribution in [-0.4, -0.2) is 48.2 Å². The van der Waals surface area contributed by atoms with Crippen LogP contribution in [0.5, 0.6) is 0 Å². The Hall–Kier alpha value is -1.89. The van der Waals surface area contributed by atoms with Gasteiger partial charge in [0, 0.05) is 23.2 Å². The number of benzene rings is 2. The van der Waals surface area contributed by atoms with Gasteiger partial charge >= 0.3 is 0 Å². The minimum Gasteiger partial charge on any atom is -0.308 e. The molecule has 30 heavy (non-hydrogen) atoms. The van der Waals surface area contributed by atoms with E-state index in [0.29, 0.717) is 18.2 Å². The molecule has 1 amide bonds.